The maximum atomic E-state index is 12.5. The van der Waals surface area contributed by atoms with Gasteiger partial charge in [-0.05, 0) is 30.9 Å². The van der Waals surface area contributed by atoms with E-state index < -0.39 is 32.0 Å². The van der Waals surface area contributed by atoms with Gasteiger partial charge >= 0.3 is 7.82 Å². The molecule has 1 saturated carbocycles. The van der Waals surface area contributed by atoms with E-state index in [0.717, 1.165) is 0 Å². The van der Waals surface area contributed by atoms with Crippen LogP contribution in [0.5, 0.6) is 0 Å². The van der Waals surface area contributed by atoms with Gasteiger partial charge in [-0.25, -0.2) is 4.57 Å². The molecule has 7 nitrogen and oxygen atoms in total. The summed E-state index contributed by atoms with van der Waals surface area (Å²) in [6.45, 7) is -0.548. The smallest absolute Gasteiger partial charge is 0.385 e. The molecule has 1 aromatic rings. The number of phosphoric acid groups is 1. The monoisotopic (exact) mass is 349 g/mol. The number of carbonyl (C=O) groups is 1. The third kappa shape index (κ3) is 3.75. The van der Waals surface area contributed by atoms with Crippen molar-refractivity contribution in [2.45, 2.75) is 30.9 Å². The van der Waals surface area contributed by atoms with Crippen LogP contribution in [-0.2, 0) is 19.4 Å². The lowest BCUT2D eigenvalue weighted by Gasteiger charge is -2.39. The van der Waals surface area contributed by atoms with Gasteiger partial charge in [-0.15, -0.1) is 0 Å². The van der Waals surface area contributed by atoms with E-state index in [0.29, 0.717) is 29.8 Å². The summed E-state index contributed by atoms with van der Waals surface area (Å²) >= 11 is 6.16. The summed E-state index contributed by atoms with van der Waals surface area (Å²) in [6.07, 6.45) is 0.0807. The molecule has 0 aliphatic heterocycles. The molecule has 22 heavy (non-hydrogen) atoms. The molecule has 0 radical (unpaired) electrons. The van der Waals surface area contributed by atoms with E-state index in [2.05, 4.69) is 9.84 Å². The molecule has 0 spiro atoms. The zero-order chi connectivity index (χ0) is 16.4. The van der Waals surface area contributed by atoms with E-state index in [-0.39, 0.29) is 0 Å². The number of carbonyl (C=O) groups excluding carboxylic acids is 1. The predicted octanol–water partition coefficient (Wildman–Crippen LogP) is 1.31. The van der Waals surface area contributed by atoms with Gasteiger partial charge in [0.15, 0.2) is 5.78 Å². The predicted molar refractivity (Wildman–Crippen MR) is 79.1 cm³/mol. The zero-order valence-corrected chi connectivity index (χ0v) is 13.3. The summed E-state index contributed by atoms with van der Waals surface area (Å²) in [5.41, 5.74) is -0.875. The van der Waals surface area contributed by atoms with Gasteiger partial charge in [0.25, 0.3) is 0 Å². The number of benzene rings is 1. The molecule has 1 aromatic carbocycles. The highest BCUT2D eigenvalue weighted by Gasteiger charge is 2.46. The fraction of sp³-hybridized carbons (Fsp3) is 0.462. The number of nitrogens with one attached hydrogen (secondary N) is 1. The first kappa shape index (κ1) is 17.6. The normalized spacial score (nSPS) is 26.2. The van der Waals surface area contributed by atoms with Gasteiger partial charge in [0.2, 0.25) is 0 Å². The van der Waals surface area contributed by atoms with Gasteiger partial charge in [0.1, 0.15) is 18.4 Å². The summed E-state index contributed by atoms with van der Waals surface area (Å²) in [6, 6.07) is 6.65. The Bertz CT molecular complexity index is 606. The van der Waals surface area contributed by atoms with Crippen molar-refractivity contribution >= 4 is 25.2 Å². The SMILES string of the molecule is O=C1[C@@H](O)CCC[C@]1(NCOP(=O)(O)O)c1ccccc1Cl. The Balaban J connectivity index is 2.35. The number of hydrogen-bond donors (Lipinski definition) is 4. The minimum absolute atomic E-state index is 0.327. The molecule has 0 unspecified atom stereocenters. The lowest BCUT2D eigenvalue weighted by Crippen LogP contribution is -2.56. The van der Waals surface area contributed by atoms with E-state index in [9.17, 15) is 14.5 Å². The Kier molecular flexibility index (Phi) is 5.40. The van der Waals surface area contributed by atoms with E-state index in [1.54, 1.807) is 24.3 Å². The Morgan fingerprint density at radius 2 is 2.09 bits per heavy atom. The van der Waals surface area contributed by atoms with Crippen LogP contribution in [0.15, 0.2) is 24.3 Å². The summed E-state index contributed by atoms with van der Waals surface area (Å²) in [5, 5.41) is 12.9. The molecular weight excluding hydrogens is 333 g/mol. The second kappa shape index (κ2) is 6.76. The van der Waals surface area contributed by atoms with Gasteiger partial charge in [0, 0.05) is 5.02 Å². The van der Waals surface area contributed by atoms with Crippen LogP contribution < -0.4 is 5.32 Å². The van der Waals surface area contributed by atoms with Gasteiger partial charge < -0.3 is 14.9 Å². The topological polar surface area (TPSA) is 116 Å². The maximum Gasteiger partial charge on any atom is 0.470 e. The number of rotatable bonds is 5. The van der Waals surface area contributed by atoms with Crippen molar-refractivity contribution in [2.75, 3.05) is 6.73 Å². The van der Waals surface area contributed by atoms with Crippen molar-refractivity contribution in [3.63, 3.8) is 0 Å². The molecule has 2 rings (SSSR count). The van der Waals surface area contributed by atoms with Crippen molar-refractivity contribution in [1.29, 1.82) is 0 Å². The van der Waals surface area contributed by atoms with Gasteiger partial charge in [-0.3, -0.25) is 14.6 Å². The first-order chi connectivity index (χ1) is 10.3. The van der Waals surface area contributed by atoms with Crippen molar-refractivity contribution in [1.82, 2.24) is 5.32 Å². The highest BCUT2D eigenvalue weighted by molar-refractivity contribution is 7.46. The zero-order valence-electron chi connectivity index (χ0n) is 11.6. The van der Waals surface area contributed by atoms with Crippen LogP contribution in [0.4, 0.5) is 0 Å². The Morgan fingerprint density at radius 1 is 1.41 bits per heavy atom. The van der Waals surface area contributed by atoms with E-state index >= 15 is 0 Å². The lowest BCUT2D eigenvalue weighted by molar-refractivity contribution is -0.138. The fourth-order valence-corrected chi connectivity index (χ4v) is 3.21. The molecule has 9 heteroatoms. The summed E-state index contributed by atoms with van der Waals surface area (Å²) in [7, 11) is -4.67. The lowest BCUT2D eigenvalue weighted by atomic mass is 9.74. The average molecular weight is 350 g/mol. The summed E-state index contributed by atoms with van der Waals surface area (Å²) < 4.78 is 15.2. The molecule has 2 atom stereocenters. The van der Waals surface area contributed by atoms with Crippen LogP contribution in [0.3, 0.4) is 0 Å². The van der Waals surface area contributed by atoms with Crippen LogP contribution in [0, 0.1) is 0 Å². The molecule has 122 valence electrons. The minimum Gasteiger partial charge on any atom is -0.385 e. The fourth-order valence-electron chi connectivity index (χ4n) is 2.68. The molecule has 0 aromatic heterocycles. The summed E-state index contributed by atoms with van der Waals surface area (Å²) in [4.78, 5) is 30.1. The molecule has 1 aliphatic rings. The quantitative estimate of drug-likeness (QED) is 0.467. The highest BCUT2D eigenvalue weighted by Crippen LogP contribution is 2.40. The number of Topliss-reactive ketones (excluding diaryl/α,β-unsaturated/α-hetero) is 1. The van der Waals surface area contributed by atoms with Gasteiger partial charge in [-0.1, -0.05) is 29.8 Å². The number of aliphatic hydroxyl groups excluding tert-OH is 1. The van der Waals surface area contributed by atoms with E-state index in [1.165, 1.54) is 0 Å². The number of halogens is 1. The second-order valence-electron chi connectivity index (χ2n) is 5.10. The average Bonchev–Trinajstić information content (AvgIpc) is 2.43. The van der Waals surface area contributed by atoms with Crippen LogP contribution in [0.2, 0.25) is 5.02 Å². The first-order valence-corrected chi connectivity index (χ1v) is 8.59. The second-order valence-corrected chi connectivity index (χ2v) is 6.74. The Hall–Kier alpha value is -0.790. The Labute approximate surface area is 132 Å². The number of ketones is 1. The molecule has 0 bridgehead atoms. The van der Waals surface area contributed by atoms with Gasteiger partial charge in [-0.2, -0.15) is 0 Å². The van der Waals surface area contributed by atoms with E-state index in [1.807, 2.05) is 0 Å². The number of aliphatic hydroxyl groups is 1. The molecular formula is C13H17ClNO6P. The number of phosphoric ester groups is 1. The van der Waals surface area contributed by atoms with Crippen molar-refractivity contribution < 1.29 is 28.8 Å². The van der Waals surface area contributed by atoms with Crippen LogP contribution in [-0.4, -0.2) is 33.5 Å². The molecule has 1 aliphatic carbocycles. The highest BCUT2D eigenvalue weighted by atomic mass is 35.5. The van der Waals surface area contributed by atoms with E-state index in [4.69, 9.17) is 21.4 Å². The van der Waals surface area contributed by atoms with Crippen LogP contribution in [0.25, 0.3) is 0 Å². The molecule has 1 fully saturated rings. The third-order valence-corrected chi connectivity index (χ3v) is 4.49. The summed E-state index contributed by atoms with van der Waals surface area (Å²) in [5.74, 6) is -0.485. The van der Waals surface area contributed by atoms with Crippen molar-refractivity contribution in [3.05, 3.63) is 34.9 Å². The van der Waals surface area contributed by atoms with Crippen LogP contribution in [0.1, 0.15) is 24.8 Å². The molecule has 0 heterocycles. The number of hydrogen-bond acceptors (Lipinski definition) is 5. The van der Waals surface area contributed by atoms with Gasteiger partial charge in [0.05, 0.1) is 0 Å². The molecule has 0 saturated heterocycles. The van der Waals surface area contributed by atoms with Crippen LogP contribution >= 0.6 is 19.4 Å². The standard InChI is InChI=1S/C13H17ClNO6P/c14-10-5-2-1-4-9(10)13(15-8-21-22(18,19)20)7-3-6-11(16)12(13)17/h1-2,4-5,11,15-16H,3,6-8H2,(H2,18,19,20)/t11-,13-/m0/s1. The molecule has 0 amide bonds. The minimum atomic E-state index is -4.67. The molecule has 4 N–H and O–H groups in total. The van der Waals surface area contributed by atoms with Crippen molar-refractivity contribution in [2.24, 2.45) is 0 Å². The first-order valence-electron chi connectivity index (χ1n) is 6.69. The maximum absolute atomic E-state index is 12.5. The largest absolute Gasteiger partial charge is 0.470 e. The third-order valence-electron chi connectivity index (χ3n) is 3.69. The Morgan fingerprint density at radius 3 is 2.73 bits per heavy atom. The van der Waals surface area contributed by atoms with Crippen molar-refractivity contribution in [3.8, 4) is 0 Å².